The fraction of sp³-hybridized carbons (Fsp3) is 0.538. The number of halogens is 2. The van der Waals surface area contributed by atoms with Crippen molar-refractivity contribution in [3.05, 3.63) is 34.9 Å². The van der Waals surface area contributed by atoms with Crippen LogP contribution in [0.4, 0.5) is 0 Å². The van der Waals surface area contributed by atoms with E-state index in [0.717, 1.165) is 5.02 Å². The van der Waals surface area contributed by atoms with Crippen LogP contribution in [0.2, 0.25) is 5.02 Å². The smallest absolute Gasteiger partial charge is 0.0453 e. The fourth-order valence-corrected chi connectivity index (χ4v) is 2.61. The second-order valence-corrected chi connectivity index (χ2v) is 4.70. The van der Waals surface area contributed by atoms with Crippen LogP contribution >= 0.6 is 24.0 Å². The van der Waals surface area contributed by atoms with Gasteiger partial charge in [-0.2, -0.15) is 0 Å². The third kappa shape index (κ3) is 3.13. The molecule has 0 radical (unpaired) electrons. The van der Waals surface area contributed by atoms with Gasteiger partial charge in [-0.15, -0.1) is 12.4 Å². The highest BCUT2D eigenvalue weighted by Gasteiger charge is 2.19. The molecule has 1 aromatic rings. The van der Waals surface area contributed by atoms with Crippen LogP contribution in [-0.4, -0.2) is 18.0 Å². The molecule has 1 aliphatic rings. The summed E-state index contributed by atoms with van der Waals surface area (Å²) in [4.78, 5) is 2.53. The Morgan fingerprint density at radius 2 is 1.75 bits per heavy atom. The van der Waals surface area contributed by atoms with Crippen molar-refractivity contribution in [1.82, 2.24) is 4.90 Å². The predicted octanol–water partition coefficient (Wildman–Crippen LogP) is 4.31. The summed E-state index contributed by atoms with van der Waals surface area (Å²) in [5.74, 6) is 0. The van der Waals surface area contributed by atoms with Gasteiger partial charge in [0.2, 0.25) is 0 Å². The van der Waals surface area contributed by atoms with Crippen molar-refractivity contribution in [2.24, 2.45) is 0 Å². The number of hydrogen-bond acceptors (Lipinski definition) is 1. The molecule has 16 heavy (non-hydrogen) atoms. The zero-order valence-electron chi connectivity index (χ0n) is 9.66. The first-order valence-corrected chi connectivity index (χ1v) is 6.15. The summed E-state index contributed by atoms with van der Waals surface area (Å²) in [7, 11) is 0. The Hall–Kier alpha value is -0.240. The minimum absolute atomic E-state index is 0. The van der Waals surface area contributed by atoms with E-state index in [-0.39, 0.29) is 12.4 Å². The van der Waals surface area contributed by atoms with Crippen LogP contribution in [0.1, 0.15) is 37.8 Å². The predicted molar refractivity (Wildman–Crippen MR) is 72.5 cm³/mol. The molecular weight excluding hydrogens is 241 g/mol. The summed E-state index contributed by atoms with van der Waals surface area (Å²) in [6.45, 7) is 4.69. The van der Waals surface area contributed by atoms with E-state index in [1.807, 2.05) is 12.1 Å². The molecule has 0 aliphatic carbocycles. The molecule has 0 aromatic heterocycles. The summed E-state index contributed by atoms with van der Waals surface area (Å²) in [6.07, 6.45) is 4.04. The Labute approximate surface area is 109 Å². The van der Waals surface area contributed by atoms with Crippen LogP contribution in [-0.2, 0) is 0 Å². The van der Waals surface area contributed by atoms with Gasteiger partial charge in [-0.3, -0.25) is 4.90 Å². The van der Waals surface area contributed by atoms with Crippen LogP contribution in [0.5, 0.6) is 0 Å². The van der Waals surface area contributed by atoms with Crippen molar-refractivity contribution in [1.29, 1.82) is 0 Å². The third-order valence-electron chi connectivity index (χ3n) is 3.29. The first-order chi connectivity index (χ1) is 7.29. The van der Waals surface area contributed by atoms with Gasteiger partial charge in [0.25, 0.3) is 0 Å². The number of hydrogen-bond donors (Lipinski definition) is 0. The molecule has 0 bridgehead atoms. The highest BCUT2D eigenvalue weighted by molar-refractivity contribution is 6.31. The highest BCUT2D eigenvalue weighted by atomic mass is 35.5. The maximum atomic E-state index is 6.21. The molecule has 3 heteroatoms. The lowest BCUT2D eigenvalue weighted by Gasteiger charge is -2.32. The zero-order valence-corrected chi connectivity index (χ0v) is 11.2. The molecule has 1 aliphatic heterocycles. The lowest BCUT2D eigenvalue weighted by Crippen LogP contribution is -2.32. The normalized spacial score (nSPS) is 18.9. The maximum Gasteiger partial charge on any atom is 0.0453 e. The van der Waals surface area contributed by atoms with E-state index in [1.165, 1.54) is 37.9 Å². The molecular formula is C13H19Cl2N. The quantitative estimate of drug-likeness (QED) is 0.765. The van der Waals surface area contributed by atoms with E-state index >= 15 is 0 Å². The van der Waals surface area contributed by atoms with Gasteiger partial charge in [0.15, 0.2) is 0 Å². The monoisotopic (exact) mass is 259 g/mol. The number of nitrogens with zero attached hydrogens (tertiary/aromatic N) is 1. The van der Waals surface area contributed by atoms with Gasteiger partial charge < -0.3 is 0 Å². The molecule has 0 spiro atoms. The Morgan fingerprint density at radius 1 is 1.12 bits per heavy atom. The Kier molecular flexibility index (Phi) is 5.60. The molecule has 0 amide bonds. The summed E-state index contributed by atoms with van der Waals surface area (Å²) < 4.78 is 0. The Balaban J connectivity index is 0.00000128. The van der Waals surface area contributed by atoms with Gasteiger partial charge in [-0.25, -0.2) is 0 Å². The van der Waals surface area contributed by atoms with E-state index in [1.54, 1.807) is 0 Å². The van der Waals surface area contributed by atoms with Gasteiger partial charge in [0.1, 0.15) is 0 Å². The minimum Gasteiger partial charge on any atom is -0.297 e. The molecule has 0 saturated carbocycles. The lowest BCUT2D eigenvalue weighted by molar-refractivity contribution is 0.175. The standard InChI is InChI=1S/C13H18ClN.ClH/c1-11(15-9-5-2-6-10-15)12-7-3-4-8-13(12)14;/h3-4,7-8,11H,2,5-6,9-10H2,1H3;1H. The first kappa shape index (κ1) is 13.8. The van der Waals surface area contributed by atoms with Crippen molar-refractivity contribution in [3.63, 3.8) is 0 Å². The van der Waals surface area contributed by atoms with Crippen molar-refractivity contribution in [2.75, 3.05) is 13.1 Å². The average Bonchev–Trinajstić information content (AvgIpc) is 2.30. The van der Waals surface area contributed by atoms with E-state index in [2.05, 4.69) is 24.0 Å². The molecule has 1 atom stereocenters. The number of rotatable bonds is 2. The summed E-state index contributed by atoms with van der Waals surface area (Å²) in [5.41, 5.74) is 1.26. The van der Waals surface area contributed by atoms with E-state index in [4.69, 9.17) is 11.6 Å². The molecule has 1 fully saturated rings. The maximum absolute atomic E-state index is 6.21. The molecule has 1 saturated heterocycles. The fourth-order valence-electron chi connectivity index (χ4n) is 2.32. The summed E-state index contributed by atoms with van der Waals surface area (Å²) in [5, 5.41) is 0.899. The zero-order chi connectivity index (χ0) is 10.7. The van der Waals surface area contributed by atoms with Gasteiger partial charge in [0.05, 0.1) is 0 Å². The van der Waals surface area contributed by atoms with Crippen LogP contribution < -0.4 is 0 Å². The molecule has 1 nitrogen and oxygen atoms in total. The second kappa shape index (κ2) is 6.48. The van der Waals surface area contributed by atoms with Gasteiger partial charge in [-0.05, 0) is 44.5 Å². The average molecular weight is 260 g/mol. The summed E-state index contributed by atoms with van der Waals surface area (Å²) >= 11 is 6.21. The Morgan fingerprint density at radius 3 is 2.38 bits per heavy atom. The largest absolute Gasteiger partial charge is 0.297 e. The molecule has 1 aromatic carbocycles. The van der Waals surface area contributed by atoms with Crippen molar-refractivity contribution in [2.45, 2.75) is 32.2 Å². The summed E-state index contributed by atoms with van der Waals surface area (Å²) in [6, 6.07) is 8.65. The topological polar surface area (TPSA) is 3.24 Å². The van der Waals surface area contributed by atoms with Crippen molar-refractivity contribution < 1.29 is 0 Å². The molecule has 0 N–H and O–H groups in total. The SMILES string of the molecule is CC(c1ccccc1Cl)N1CCCCC1.Cl. The minimum atomic E-state index is 0. The van der Waals surface area contributed by atoms with Crippen LogP contribution in [0, 0.1) is 0 Å². The van der Waals surface area contributed by atoms with Crippen molar-refractivity contribution in [3.8, 4) is 0 Å². The van der Waals surface area contributed by atoms with Crippen molar-refractivity contribution >= 4 is 24.0 Å². The van der Waals surface area contributed by atoms with E-state index < -0.39 is 0 Å². The first-order valence-electron chi connectivity index (χ1n) is 5.77. The van der Waals surface area contributed by atoms with Gasteiger partial charge in [0, 0.05) is 11.1 Å². The third-order valence-corrected chi connectivity index (χ3v) is 3.64. The van der Waals surface area contributed by atoms with Crippen LogP contribution in [0.15, 0.2) is 24.3 Å². The van der Waals surface area contributed by atoms with Crippen LogP contribution in [0.3, 0.4) is 0 Å². The van der Waals surface area contributed by atoms with E-state index in [0.29, 0.717) is 6.04 Å². The van der Waals surface area contributed by atoms with E-state index in [9.17, 15) is 0 Å². The molecule has 90 valence electrons. The van der Waals surface area contributed by atoms with Gasteiger partial charge in [-0.1, -0.05) is 36.2 Å². The molecule has 2 rings (SSSR count). The lowest BCUT2D eigenvalue weighted by atomic mass is 10.0. The number of piperidine rings is 1. The second-order valence-electron chi connectivity index (χ2n) is 4.29. The number of likely N-dealkylation sites (tertiary alicyclic amines) is 1. The molecule has 1 heterocycles. The van der Waals surface area contributed by atoms with Crippen LogP contribution in [0.25, 0.3) is 0 Å². The molecule has 1 unspecified atom stereocenters. The van der Waals surface area contributed by atoms with Gasteiger partial charge >= 0.3 is 0 Å². The number of benzene rings is 1. The highest BCUT2D eigenvalue weighted by Crippen LogP contribution is 2.28. The Bertz CT molecular complexity index is 321.